The predicted molar refractivity (Wildman–Crippen MR) is 76.8 cm³/mol. The summed E-state index contributed by atoms with van der Waals surface area (Å²) >= 11 is 0. The van der Waals surface area contributed by atoms with Crippen LogP contribution in [0, 0.1) is 0 Å². The summed E-state index contributed by atoms with van der Waals surface area (Å²) in [5.74, 6) is 0.269. The Bertz CT molecular complexity index is 515. The van der Waals surface area contributed by atoms with Gasteiger partial charge >= 0.3 is 0 Å². The number of nitrogens with two attached hydrogens (primary N) is 1. The van der Waals surface area contributed by atoms with E-state index in [0.29, 0.717) is 31.9 Å². The van der Waals surface area contributed by atoms with Gasteiger partial charge in [-0.3, -0.25) is 0 Å². The number of hydrogen-bond acceptors (Lipinski definition) is 6. The van der Waals surface area contributed by atoms with E-state index >= 15 is 0 Å². The summed E-state index contributed by atoms with van der Waals surface area (Å²) in [6.07, 6.45) is 0.416. The Balaban J connectivity index is 2.60. The zero-order valence-electron chi connectivity index (χ0n) is 11.8. The third kappa shape index (κ3) is 4.99. The lowest BCUT2D eigenvalue weighted by Crippen LogP contribution is -2.12. The summed E-state index contributed by atoms with van der Waals surface area (Å²) < 4.78 is 39.6. The van der Waals surface area contributed by atoms with Gasteiger partial charge < -0.3 is 19.9 Å². The quantitative estimate of drug-likeness (QED) is 0.543. The van der Waals surface area contributed by atoms with Crippen molar-refractivity contribution >= 4 is 15.5 Å². The van der Waals surface area contributed by atoms with Crippen LogP contribution in [0.15, 0.2) is 23.1 Å². The number of methoxy groups -OCH3 is 2. The van der Waals surface area contributed by atoms with Crippen LogP contribution < -0.4 is 10.5 Å². The van der Waals surface area contributed by atoms with Gasteiger partial charge in [0.05, 0.1) is 26.1 Å². The largest absolute Gasteiger partial charge is 0.495 e. The van der Waals surface area contributed by atoms with Crippen molar-refractivity contribution in [3.05, 3.63) is 18.2 Å². The molecule has 0 unspecified atom stereocenters. The minimum atomic E-state index is -3.40. The molecule has 0 radical (unpaired) electrons. The molecule has 6 nitrogen and oxygen atoms in total. The van der Waals surface area contributed by atoms with Crippen molar-refractivity contribution in [2.45, 2.75) is 11.3 Å². The van der Waals surface area contributed by atoms with Gasteiger partial charge in [-0.05, 0) is 18.6 Å². The highest BCUT2D eigenvalue weighted by atomic mass is 32.2. The van der Waals surface area contributed by atoms with Gasteiger partial charge in [0, 0.05) is 25.5 Å². The number of hydrogen-bond donors (Lipinski definition) is 1. The van der Waals surface area contributed by atoms with E-state index in [9.17, 15) is 8.42 Å². The first-order valence-electron chi connectivity index (χ1n) is 6.24. The van der Waals surface area contributed by atoms with E-state index in [2.05, 4.69) is 0 Å². The number of rotatable bonds is 9. The van der Waals surface area contributed by atoms with Crippen molar-refractivity contribution in [1.29, 1.82) is 0 Å². The van der Waals surface area contributed by atoms with Crippen LogP contribution in [0.2, 0.25) is 0 Å². The van der Waals surface area contributed by atoms with Crippen molar-refractivity contribution in [2.75, 3.05) is 45.5 Å². The van der Waals surface area contributed by atoms with Crippen LogP contribution in [0.4, 0.5) is 5.69 Å². The van der Waals surface area contributed by atoms with E-state index in [1.807, 2.05) is 0 Å². The summed E-state index contributed by atoms with van der Waals surface area (Å²) in [7, 11) is -0.402. The van der Waals surface area contributed by atoms with Gasteiger partial charge in [-0.15, -0.1) is 0 Å². The van der Waals surface area contributed by atoms with Crippen molar-refractivity contribution < 1.29 is 22.6 Å². The molecule has 0 fully saturated rings. The molecule has 0 saturated carbocycles. The van der Waals surface area contributed by atoms with E-state index in [4.69, 9.17) is 19.9 Å². The summed E-state index contributed by atoms with van der Waals surface area (Å²) in [5.41, 5.74) is 6.07. The van der Waals surface area contributed by atoms with Crippen LogP contribution in [0.5, 0.6) is 5.75 Å². The van der Waals surface area contributed by atoms with E-state index in [0.717, 1.165) is 0 Å². The van der Waals surface area contributed by atoms with E-state index < -0.39 is 9.84 Å². The maximum absolute atomic E-state index is 12.2. The average Bonchev–Trinajstić information content (AvgIpc) is 2.42. The third-order valence-corrected chi connectivity index (χ3v) is 4.49. The Morgan fingerprint density at radius 3 is 2.55 bits per heavy atom. The van der Waals surface area contributed by atoms with E-state index in [1.54, 1.807) is 13.2 Å². The lowest BCUT2D eigenvalue weighted by molar-refractivity contribution is 0.0712. The molecule has 1 rings (SSSR count). The van der Waals surface area contributed by atoms with Gasteiger partial charge in [0.25, 0.3) is 0 Å². The molecule has 0 heterocycles. The normalized spacial score (nSPS) is 11.5. The van der Waals surface area contributed by atoms with Gasteiger partial charge in [0.15, 0.2) is 9.84 Å². The first-order valence-corrected chi connectivity index (χ1v) is 7.89. The Morgan fingerprint density at radius 1 is 1.15 bits per heavy atom. The van der Waals surface area contributed by atoms with Gasteiger partial charge in [0.2, 0.25) is 0 Å². The second-order valence-corrected chi connectivity index (χ2v) is 6.27. The smallest absolute Gasteiger partial charge is 0.182 e. The molecule has 0 aliphatic heterocycles. The van der Waals surface area contributed by atoms with Crippen LogP contribution in [0.1, 0.15) is 6.42 Å². The summed E-state index contributed by atoms with van der Waals surface area (Å²) in [6, 6.07) is 4.52. The van der Waals surface area contributed by atoms with Gasteiger partial charge in [-0.1, -0.05) is 0 Å². The summed E-state index contributed by atoms with van der Waals surface area (Å²) in [4.78, 5) is 0.158. The van der Waals surface area contributed by atoms with Crippen LogP contribution in [0.25, 0.3) is 0 Å². The maximum Gasteiger partial charge on any atom is 0.182 e. The van der Waals surface area contributed by atoms with Gasteiger partial charge in [-0.2, -0.15) is 0 Å². The molecule has 0 saturated heterocycles. The highest BCUT2D eigenvalue weighted by Crippen LogP contribution is 2.27. The lowest BCUT2D eigenvalue weighted by atomic mass is 10.3. The predicted octanol–water partition coefficient (Wildman–Crippen LogP) is 1.10. The molecule has 0 amide bonds. The lowest BCUT2D eigenvalue weighted by Gasteiger charge is -2.10. The molecule has 1 aromatic carbocycles. The SMILES string of the molecule is COCCOCCCS(=O)(=O)c1ccc(N)cc1OC. The highest BCUT2D eigenvalue weighted by Gasteiger charge is 2.19. The minimum absolute atomic E-state index is 0.000258. The maximum atomic E-state index is 12.2. The molecular formula is C13H21NO5S. The fourth-order valence-corrected chi connectivity index (χ4v) is 3.09. The van der Waals surface area contributed by atoms with Crippen LogP contribution in [-0.4, -0.2) is 48.2 Å². The number of ether oxygens (including phenoxy) is 3. The topological polar surface area (TPSA) is 87.9 Å². The second kappa shape index (κ2) is 8.08. The monoisotopic (exact) mass is 303 g/mol. The van der Waals surface area contributed by atoms with Crippen molar-refractivity contribution in [3.63, 3.8) is 0 Å². The van der Waals surface area contributed by atoms with Crippen LogP contribution in [0.3, 0.4) is 0 Å². The van der Waals surface area contributed by atoms with Crippen molar-refractivity contribution in [2.24, 2.45) is 0 Å². The zero-order chi connectivity index (χ0) is 15.0. The molecule has 20 heavy (non-hydrogen) atoms. The fourth-order valence-electron chi connectivity index (χ4n) is 1.65. The van der Waals surface area contributed by atoms with E-state index in [-0.39, 0.29) is 16.4 Å². The number of sulfone groups is 1. The minimum Gasteiger partial charge on any atom is -0.495 e. The average molecular weight is 303 g/mol. The standard InChI is InChI=1S/C13H21NO5S/c1-17-7-8-19-6-3-9-20(15,16)13-5-4-11(14)10-12(13)18-2/h4-5,10H,3,6-9,14H2,1-2H3. The number of nitrogen functional groups attached to an aromatic ring is 1. The first-order chi connectivity index (χ1) is 9.51. The van der Waals surface area contributed by atoms with Crippen LogP contribution in [-0.2, 0) is 19.3 Å². The zero-order valence-corrected chi connectivity index (χ0v) is 12.6. The molecule has 1 aromatic rings. The molecule has 0 bridgehead atoms. The Morgan fingerprint density at radius 2 is 1.90 bits per heavy atom. The van der Waals surface area contributed by atoms with Gasteiger partial charge in [0.1, 0.15) is 10.6 Å². The molecule has 0 aliphatic carbocycles. The molecule has 2 N–H and O–H groups in total. The molecule has 7 heteroatoms. The van der Waals surface area contributed by atoms with Crippen molar-refractivity contribution in [1.82, 2.24) is 0 Å². The third-order valence-electron chi connectivity index (χ3n) is 2.66. The molecular weight excluding hydrogens is 282 g/mol. The highest BCUT2D eigenvalue weighted by molar-refractivity contribution is 7.91. The number of benzene rings is 1. The molecule has 0 aromatic heterocycles. The Labute approximate surface area is 119 Å². The molecule has 0 aliphatic rings. The Kier molecular flexibility index (Phi) is 6.77. The van der Waals surface area contributed by atoms with Crippen molar-refractivity contribution in [3.8, 4) is 5.75 Å². The second-order valence-electron chi connectivity index (χ2n) is 4.19. The molecule has 114 valence electrons. The fraction of sp³-hybridized carbons (Fsp3) is 0.538. The molecule has 0 atom stereocenters. The van der Waals surface area contributed by atoms with Crippen LogP contribution >= 0.6 is 0 Å². The van der Waals surface area contributed by atoms with E-state index in [1.165, 1.54) is 19.2 Å². The first kappa shape index (κ1) is 16.7. The molecule has 0 spiro atoms. The number of anilines is 1. The van der Waals surface area contributed by atoms with Gasteiger partial charge in [-0.25, -0.2) is 8.42 Å². The Hall–Kier alpha value is -1.31. The summed E-state index contributed by atoms with van der Waals surface area (Å²) in [5, 5.41) is 0. The summed E-state index contributed by atoms with van der Waals surface area (Å²) in [6.45, 7) is 1.33.